The third-order valence-electron chi connectivity index (χ3n) is 5.38. The topological polar surface area (TPSA) is 41.6 Å². The second-order valence-corrected chi connectivity index (χ2v) is 7.08. The van der Waals surface area contributed by atoms with Crippen molar-refractivity contribution < 1.29 is 9.53 Å². The van der Waals surface area contributed by atoms with Gasteiger partial charge in [0.1, 0.15) is 0 Å². The number of hydrogen-bond donors (Lipinski definition) is 1. The number of rotatable bonds is 9. The van der Waals surface area contributed by atoms with E-state index in [2.05, 4.69) is 55.3 Å². The Morgan fingerprint density at radius 1 is 1.16 bits per heavy atom. The van der Waals surface area contributed by atoms with E-state index < -0.39 is 0 Å². The van der Waals surface area contributed by atoms with Crippen LogP contribution in [0.15, 0.2) is 24.3 Å². The van der Waals surface area contributed by atoms with E-state index in [1.165, 1.54) is 11.1 Å². The van der Waals surface area contributed by atoms with Gasteiger partial charge in [0.15, 0.2) is 0 Å². The molecule has 140 valence electrons. The van der Waals surface area contributed by atoms with Crippen LogP contribution in [0.1, 0.15) is 44.2 Å². The summed E-state index contributed by atoms with van der Waals surface area (Å²) in [7, 11) is 0. The second kappa shape index (κ2) is 10.6. The minimum absolute atomic E-state index is 0.157. The highest BCUT2D eigenvalue weighted by Crippen LogP contribution is 2.19. The van der Waals surface area contributed by atoms with Crippen molar-refractivity contribution in [3.8, 4) is 0 Å². The fraction of sp³-hybridized carbons (Fsp3) is 0.667. The molecule has 1 saturated heterocycles. The van der Waals surface area contributed by atoms with Crippen LogP contribution in [0.2, 0.25) is 0 Å². The molecular weight excluding hydrogens is 312 g/mol. The maximum Gasteiger partial charge on any atom is 0.220 e. The normalized spacial score (nSPS) is 16.8. The Morgan fingerprint density at radius 3 is 2.40 bits per heavy atom. The van der Waals surface area contributed by atoms with Gasteiger partial charge >= 0.3 is 0 Å². The number of amides is 1. The highest BCUT2D eigenvalue weighted by atomic mass is 16.5. The third-order valence-corrected chi connectivity index (χ3v) is 5.38. The molecule has 1 fully saturated rings. The molecule has 0 radical (unpaired) electrons. The van der Waals surface area contributed by atoms with E-state index in [0.717, 1.165) is 52.1 Å². The first-order chi connectivity index (χ1) is 12.1. The van der Waals surface area contributed by atoms with E-state index in [4.69, 9.17) is 4.74 Å². The number of ether oxygens (including phenoxy) is 1. The van der Waals surface area contributed by atoms with Gasteiger partial charge in [-0.25, -0.2) is 0 Å². The highest BCUT2D eigenvalue weighted by Gasteiger charge is 2.27. The van der Waals surface area contributed by atoms with Crippen molar-refractivity contribution in [1.82, 2.24) is 10.2 Å². The molecule has 1 aromatic carbocycles. The molecule has 1 heterocycles. The van der Waals surface area contributed by atoms with Crippen LogP contribution in [0.3, 0.4) is 0 Å². The number of carbonyl (C=O) groups excluding carboxylic acids is 1. The van der Waals surface area contributed by atoms with Crippen LogP contribution in [0.25, 0.3) is 0 Å². The molecule has 0 aromatic heterocycles. The zero-order valence-corrected chi connectivity index (χ0v) is 16.1. The summed E-state index contributed by atoms with van der Waals surface area (Å²) in [6.07, 6.45) is 3.66. The van der Waals surface area contributed by atoms with E-state index in [1.807, 2.05) is 0 Å². The van der Waals surface area contributed by atoms with Gasteiger partial charge in [-0.3, -0.25) is 9.69 Å². The van der Waals surface area contributed by atoms with Crippen molar-refractivity contribution in [1.29, 1.82) is 0 Å². The third kappa shape index (κ3) is 6.44. The minimum atomic E-state index is 0.157. The number of carbonyl (C=O) groups is 1. The molecule has 2 rings (SSSR count). The summed E-state index contributed by atoms with van der Waals surface area (Å²) in [4.78, 5) is 14.8. The van der Waals surface area contributed by atoms with Crippen molar-refractivity contribution in [2.45, 2.75) is 52.5 Å². The predicted molar refractivity (Wildman–Crippen MR) is 103 cm³/mol. The molecule has 1 amide bonds. The molecule has 1 N–H and O–H groups in total. The van der Waals surface area contributed by atoms with Gasteiger partial charge in [0, 0.05) is 32.1 Å². The second-order valence-electron chi connectivity index (χ2n) is 7.08. The van der Waals surface area contributed by atoms with Crippen LogP contribution >= 0.6 is 0 Å². The van der Waals surface area contributed by atoms with E-state index in [9.17, 15) is 4.79 Å². The smallest absolute Gasteiger partial charge is 0.220 e. The van der Waals surface area contributed by atoms with Gasteiger partial charge in [0.2, 0.25) is 5.91 Å². The van der Waals surface area contributed by atoms with E-state index in [-0.39, 0.29) is 5.91 Å². The van der Waals surface area contributed by atoms with Gasteiger partial charge in [0.25, 0.3) is 0 Å². The largest absolute Gasteiger partial charge is 0.379 e. The lowest BCUT2D eigenvalue weighted by atomic mass is 9.92. The summed E-state index contributed by atoms with van der Waals surface area (Å²) >= 11 is 0. The Bertz CT molecular complexity index is 505. The van der Waals surface area contributed by atoms with Crippen molar-refractivity contribution in [2.75, 3.05) is 32.8 Å². The minimum Gasteiger partial charge on any atom is -0.379 e. The van der Waals surface area contributed by atoms with Crippen molar-refractivity contribution in [3.63, 3.8) is 0 Å². The molecule has 25 heavy (non-hydrogen) atoms. The van der Waals surface area contributed by atoms with E-state index in [1.54, 1.807) is 0 Å². The van der Waals surface area contributed by atoms with Gasteiger partial charge in [-0.15, -0.1) is 0 Å². The first-order valence-electron chi connectivity index (χ1n) is 9.78. The lowest BCUT2D eigenvalue weighted by Crippen LogP contribution is -2.52. The summed E-state index contributed by atoms with van der Waals surface area (Å²) < 4.78 is 5.49. The average molecular weight is 347 g/mol. The SMILES string of the molecule is CCC(CC)C(CNC(=O)CCc1ccc(C)cc1)N1CCOCC1. The van der Waals surface area contributed by atoms with Gasteiger partial charge in [0.05, 0.1) is 13.2 Å². The Labute approximate surface area is 152 Å². The number of hydrogen-bond acceptors (Lipinski definition) is 3. The Hall–Kier alpha value is -1.39. The molecule has 1 atom stereocenters. The van der Waals surface area contributed by atoms with Gasteiger partial charge in [-0.05, 0) is 24.8 Å². The van der Waals surface area contributed by atoms with Crippen LogP contribution in [0.4, 0.5) is 0 Å². The number of nitrogens with zero attached hydrogens (tertiary/aromatic N) is 1. The quantitative estimate of drug-likeness (QED) is 0.747. The molecule has 4 heteroatoms. The van der Waals surface area contributed by atoms with Crippen LogP contribution in [-0.2, 0) is 16.0 Å². The van der Waals surface area contributed by atoms with Crippen LogP contribution in [-0.4, -0.2) is 49.7 Å². The fourth-order valence-electron chi connectivity index (χ4n) is 3.66. The molecule has 4 nitrogen and oxygen atoms in total. The molecule has 1 unspecified atom stereocenters. The van der Waals surface area contributed by atoms with E-state index in [0.29, 0.717) is 18.4 Å². The molecule has 0 aliphatic carbocycles. The molecule has 1 aliphatic rings. The summed E-state index contributed by atoms with van der Waals surface area (Å²) in [5, 5.41) is 3.19. The molecule has 0 bridgehead atoms. The summed E-state index contributed by atoms with van der Waals surface area (Å²) in [5.41, 5.74) is 2.48. The number of nitrogens with one attached hydrogen (secondary N) is 1. The summed E-state index contributed by atoms with van der Waals surface area (Å²) in [6.45, 7) is 10.9. The zero-order chi connectivity index (χ0) is 18.1. The van der Waals surface area contributed by atoms with Crippen molar-refractivity contribution in [3.05, 3.63) is 35.4 Å². The lowest BCUT2D eigenvalue weighted by molar-refractivity contribution is -0.121. The highest BCUT2D eigenvalue weighted by molar-refractivity contribution is 5.76. The van der Waals surface area contributed by atoms with Crippen molar-refractivity contribution in [2.24, 2.45) is 5.92 Å². The maximum absolute atomic E-state index is 12.3. The molecule has 1 aromatic rings. The van der Waals surface area contributed by atoms with E-state index >= 15 is 0 Å². The molecule has 0 spiro atoms. The zero-order valence-electron chi connectivity index (χ0n) is 16.1. The van der Waals surface area contributed by atoms with Gasteiger partial charge < -0.3 is 10.1 Å². The number of morpholine rings is 1. The molecule has 1 aliphatic heterocycles. The first kappa shape index (κ1) is 19.9. The van der Waals surface area contributed by atoms with Crippen molar-refractivity contribution >= 4 is 5.91 Å². The monoisotopic (exact) mass is 346 g/mol. The fourth-order valence-corrected chi connectivity index (χ4v) is 3.66. The summed E-state index contributed by atoms with van der Waals surface area (Å²) in [6, 6.07) is 8.86. The first-order valence-corrected chi connectivity index (χ1v) is 9.78. The lowest BCUT2D eigenvalue weighted by Gasteiger charge is -2.38. The predicted octanol–water partition coefficient (Wildman–Crippen LogP) is 3.18. The summed E-state index contributed by atoms with van der Waals surface area (Å²) in [5.74, 6) is 0.778. The van der Waals surface area contributed by atoms with Gasteiger partial charge in [-0.2, -0.15) is 0 Å². The molecule has 0 saturated carbocycles. The maximum atomic E-state index is 12.3. The number of benzene rings is 1. The Morgan fingerprint density at radius 2 is 1.80 bits per heavy atom. The van der Waals surface area contributed by atoms with Gasteiger partial charge in [-0.1, -0.05) is 56.5 Å². The standard InChI is InChI=1S/C21H34N2O2/c1-4-19(5-2)20(23-12-14-25-15-13-23)16-22-21(24)11-10-18-8-6-17(3)7-9-18/h6-9,19-20H,4-5,10-16H2,1-3H3,(H,22,24). The number of aryl methyl sites for hydroxylation is 2. The molecular formula is C21H34N2O2. The van der Waals surface area contributed by atoms with Crippen LogP contribution in [0.5, 0.6) is 0 Å². The van der Waals surface area contributed by atoms with Crippen LogP contribution in [0, 0.1) is 12.8 Å². The van der Waals surface area contributed by atoms with Crippen LogP contribution < -0.4 is 5.32 Å². The average Bonchev–Trinajstić information content (AvgIpc) is 2.65. The Balaban J connectivity index is 1.83. The Kier molecular flexibility index (Phi) is 8.42.